The molecule has 0 aromatic rings. The monoisotopic (exact) mass is 408 g/mol. The van der Waals surface area contributed by atoms with Gasteiger partial charge in [0, 0.05) is 6.61 Å². The van der Waals surface area contributed by atoms with Gasteiger partial charge in [0.1, 0.15) is 6.61 Å². The first-order valence-electron chi connectivity index (χ1n) is 10.5. The summed E-state index contributed by atoms with van der Waals surface area (Å²) in [6.07, 6.45) is 7.66. The van der Waals surface area contributed by atoms with Crippen molar-refractivity contribution in [1.82, 2.24) is 0 Å². The van der Waals surface area contributed by atoms with Gasteiger partial charge in [-0.25, -0.2) is 4.79 Å². The number of aliphatic carboxylic acids is 1. The predicted octanol–water partition coefficient (Wildman–Crippen LogP) is 2.53. The van der Waals surface area contributed by atoms with Crippen molar-refractivity contribution in [1.29, 1.82) is 0 Å². The molecule has 0 aromatic heterocycles. The molecule has 0 unspecified atom stereocenters. The van der Waals surface area contributed by atoms with Crippen LogP contribution in [0.4, 0.5) is 0 Å². The molecule has 8 heteroatoms. The van der Waals surface area contributed by atoms with Crippen LogP contribution in [0.15, 0.2) is 0 Å². The normalized spacial score (nSPS) is 11.2. The molecule has 0 saturated carbocycles. The van der Waals surface area contributed by atoms with E-state index in [1.165, 1.54) is 32.1 Å². The van der Waals surface area contributed by atoms with Gasteiger partial charge in [-0.1, -0.05) is 39.0 Å². The zero-order chi connectivity index (χ0) is 20.5. The van der Waals surface area contributed by atoms with Gasteiger partial charge in [0.15, 0.2) is 0 Å². The molecule has 0 saturated heterocycles. The summed E-state index contributed by atoms with van der Waals surface area (Å²) < 4.78 is 31.8. The Hall–Kier alpha value is -0.770. The standard InChI is InChI=1S/C20H40O8/c1-2-3-4-5-6-7-8-23-9-10-24-11-12-25-13-14-26-15-16-27-17-18-28-19-20(21)22/h2-19H2,1H3,(H,21,22). The van der Waals surface area contributed by atoms with Gasteiger partial charge in [-0.3, -0.25) is 0 Å². The Balaban J connectivity index is 2.99. The van der Waals surface area contributed by atoms with E-state index < -0.39 is 5.97 Å². The SMILES string of the molecule is CCCCCCCCOCCOCCOCCOCCOCCOCC(=O)O. The van der Waals surface area contributed by atoms with Gasteiger partial charge in [-0.15, -0.1) is 0 Å². The number of hydrogen-bond acceptors (Lipinski definition) is 7. The molecular weight excluding hydrogens is 368 g/mol. The molecule has 0 spiro atoms. The Morgan fingerprint density at radius 2 is 0.893 bits per heavy atom. The predicted molar refractivity (Wildman–Crippen MR) is 106 cm³/mol. The molecule has 0 atom stereocenters. The van der Waals surface area contributed by atoms with Crippen molar-refractivity contribution in [2.45, 2.75) is 45.4 Å². The van der Waals surface area contributed by atoms with E-state index in [4.69, 9.17) is 33.5 Å². The lowest BCUT2D eigenvalue weighted by Gasteiger charge is -2.08. The molecule has 0 aliphatic heterocycles. The molecule has 0 rings (SSSR count). The molecule has 28 heavy (non-hydrogen) atoms. The quantitative estimate of drug-likeness (QED) is 0.244. The lowest BCUT2D eigenvalue weighted by molar-refractivity contribution is -0.142. The number of rotatable bonds is 24. The molecule has 0 bridgehead atoms. The van der Waals surface area contributed by atoms with Crippen molar-refractivity contribution in [2.24, 2.45) is 0 Å². The average molecular weight is 409 g/mol. The van der Waals surface area contributed by atoms with E-state index in [0.717, 1.165) is 13.0 Å². The van der Waals surface area contributed by atoms with Crippen molar-refractivity contribution >= 4 is 5.97 Å². The molecule has 1 N–H and O–H groups in total. The summed E-state index contributed by atoms with van der Waals surface area (Å²) in [7, 11) is 0. The van der Waals surface area contributed by atoms with Crippen molar-refractivity contribution in [3.8, 4) is 0 Å². The van der Waals surface area contributed by atoms with Crippen LogP contribution >= 0.6 is 0 Å². The Bertz CT molecular complexity index is 315. The maximum atomic E-state index is 10.2. The van der Waals surface area contributed by atoms with Crippen LogP contribution in [0.2, 0.25) is 0 Å². The second kappa shape index (κ2) is 24.3. The van der Waals surface area contributed by atoms with Gasteiger partial charge in [-0.05, 0) is 6.42 Å². The summed E-state index contributed by atoms with van der Waals surface area (Å²) in [6.45, 7) is 7.63. The fourth-order valence-electron chi connectivity index (χ4n) is 2.24. The van der Waals surface area contributed by atoms with Crippen LogP contribution in [-0.2, 0) is 33.2 Å². The molecule has 0 heterocycles. The second-order valence-corrected chi connectivity index (χ2v) is 6.28. The molecule has 0 fully saturated rings. The van der Waals surface area contributed by atoms with Crippen molar-refractivity contribution < 1.29 is 38.3 Å². The Morgan fingerprint density at radius 1 is 0.536 bits per heavy atom. The van der Waals surface area contributed by atoms with Crippen LogP contribution in [0, 0.1) is 0 Å². The van der Waals surface area contributed by atoms with E-state index in [1.54, 1.807) is 0 Å². The minimum Gasteiger partial charge on any atom is -0.480 e. The first-order chi connectivity index (χ1) is 13.8. The van der Waals surface area contributed by atoms with Gasteiger partial charge >= 0.3 is 5.97 Å². The fourth-order valence-corrected chi connectivity index (χ4v) is 2.24. The molecule has 0 radical (unpaired) electrons. The molecule has 0 aliphatic carbocycles. The highest BCUT2D eigenvalue weighted by molar-refractivity contribution is 5.67. The summed E-state index contributed by atoms with van der Waals surface area (Å²) in [5.41, 5.74) is 0. The van der Waals surface area contributed by atoms with Gasteiger partial charge in [0.25, 0.3) is 0 Å². The van der Waals surface area contributed by atoms with E-state index in [-0.39, 0.29) is 13.2 Å². The third-order valence-corrected chi connectivity index (χ3v) is 3.73. The maximum Gasteiger partial charge on any atom is 0.329 e. The largest absolute Gasteiger partial charge is 0.480 e. The summed E-state index contributed by atoms with van der Waals surface area (Å²) >= 11 is 0. The topological polar surface area (TPSA) is 92.7 Å². The molecular formula is C20H40O8. The van der Waals surface area contributed by atoms with E-state index >= 15 is 0 Å². The van der Waals surface area contributed by atoms with E-state index in [2.05, 4.69) is 6.92 Å². The summed E-state index contributed by atoms with van der Waals surface area (Å²) in [5, 5.41) is 8.37. The van der Waals surface area contributed by atoms with Gasteiger partial charge in [0.05, 0.1) is 66.1 Å². The first kappa shape index (κ1) is 27.2. The van der Waals surface area contributed by atoms with Gasteiger partial charge in [0.2, 0.25) is 0 Å². The molecule has 8 nitrogen and oxygen atoms in total. The Morgan fingerprint density at radius 3 is 1.32 bits per heavy atom. The molecule has 0 aliphatic rings. The lowest BCUT2D eigenvalue weighted by atomic mass is 10.1. The van der Waals surface area contributed by atoms with Crippen LogP contribution in [0.25, 0.3) is 0 Å². The minimum absolute atomic E-state index is 0.263. The third kappa shape index (κ3) is 25.2. The average Bonchev–Trinajstić information content (AvgIpc) is 2.68. The number of hydrogen-bond donors (Lipinski definition) is 1. The van der Waals surface area contributed by atoms with Crippen LogP contribution in [-0.4, -0.2) is 90.4 Å². The van der Waals surface area contributed by atoms with Gasteiger partial charge < -0.3 is 33.5 Å². The number of carboxylic acids is 1. The van der Waals surface area contributed by atoms with Crippen LogP contribution in [0.1, 0.15) is 45.4 Å². The summed E-state index contributed by atoms with van der Waals surface area (Å²) in [6, 6.07) is 0. The maximum absolute atomic E-state index is 10.2. The lowest BCUT2D eigenvalue weighted by Crippen LogP contribution is -2.15. The van der Waals surface area contributed by atoms with Crippen LogP contribution in [0.5, 0.6) is 0 Å². The zero-order valence-corrected chi connectivity index (χ0v) is 17.5. The van der Waals surface area contributed by atoms with Crippen molar-refractivity contribution in [3.63, 3.8) is 0 Å². The number of ether oxygens (including phenoxy) is 6. The van der Waals surface area contributed by atoms with E-state index in [0.29, 0.717) is 59.5 Å². The summed E-state index contributed by atoms with van der Waals surface area (Å²) in [5.74, 6) is -0.981. The number of carbonyl (C=O) groups is 1. The minimum atomic E-state index is -0.981. The van der Waals surface area contributed by atoms with Crippen LogP contribution < -0.4 is 0 Å². The van der Waals surface area contributed by atoms with Crippen molar-refractivity contribution in [3.05, 3.63) is 0 Å². The fraction of sp³-hybridized carbons (Fsp3) is 0.950. The van der Waals surface area contributed by atoms with E-state index in [1.807, 2.05) is 0 Å². The van der Waals surface area contributed by atoms with Crippen LogP contribution in [0.3, 0.4) is 0 Å². The zero-order valence-electron chi connectivity index (χ0n) is 17.5. The second-order valence-electron chi connectivity index (χ2n) is 6.28. The molecule has 0 amide bonds. The summed E-state index contributed by atoms with van der Waals surface area (Å²) in [4.78, 5) is 10.2. The Labute approximate surface area is 169 Å². The van der Waals surface area contributed by atoms with Gasteiger partial charge in [-0.2, -0.15) is 0 Å². The molecule has 168 valence electrons. The highest BCUT2D eigenvalue weighted by Gasteiger charge is 1.96. The first-order valence-corrected chi connectivity index (χ1v) is 10.5. The van der Waals surface area contributed by atoms with E-state index in [9.17, 15) is 4.79 Å². The molecule has 0 aromatic carbocycles. The number of unbranched alkanes of at least 4 members (excludes halogenated alkanes) is 5. The highest BCUT2D eigenvalue weighted by atomic mass is 16.6. The van der Waals surface area contributed by atoms with Crippen molar-refractivity contribution in [2.75, 3.05) is 79.3 Å². The third-order valence-electron chi connectivity index (χ3n) is 3.73. The highest BCUT2D eigenvalue weighted by Crippen LogP contribution is 2.04. The smallest absolute Gasteiger partial charge is 0.329 e. The number of carboxylic acid groups (broad SMARTS) is 1. The Kier molecular flexibility index (Phi) is 23.6.